The lowest BCUT2D eigenvalue weighted by atomic mass is 10.2. The Labute approximate surface area is 145 Å². The standard InChI is InChI=1S/C20H17FN2O2/c21-17-9-7-16(8-10-17)20(24)23-13-15-4-3-6-19(12-15)25-14-18-5-1-2-11-22-18/h1-12H,13-14H2,(H,23,24). The van der Waals surface area contributed by atoms with E-state index in [9.17, 15) is 9.18 Å². The van der Waals surface area contributed by atoms with Gasteiger partial charge in [-0.3, -0.25) is 9.78 Å². The number of ether oxygens (including phenoxy) is 1. The zero-order chi connectivity index (χ0) is 17.5. The van der Waals surface area contributed by atoms with Crippen LogP contribution in [0, 0.1) is 5.82 Å². The first-order chi connectivity index (χ1) is 12.2. The normalized spacial score (nSPS) is 10.3. The molecule has 0 radical (unpaired) electrons. The van der Waals surface area contributed by atoms with Crippen molar-refractivity contribution < 1.29 is 13.9 Å². The topological polar surface area (TPSA) is 51.2 Å². The minimum atomic E-state index is -0.366. The highest BCUT2D eigenvalue weighted by Gasteiger charge is 2.06. The van der Waals surface area contributed by atoms with Gasteiger partial charge in [0.1, 0.15) is 18.2 Å². The summed E-state index contributed by atoms with van der Waals surface area (Å²) in [5.74, 6) is 0.0910. The highest BCUT2D eigenvalue weighted by molar-refractivity contribution is 5.94. The molecule has 2 aromatic carbocycles. The minimum absolute atomic E-state index is 0.250. The summed E-state index contributed by atoms with van der Waals surface area (Å²) in [4.78, 5) is 16.3. The number of nitrogens with one attached hydrogen (secondary N) is 1. The predicted molar refractivity (Wildman–Crippen MR) is 92.6 cm³/mol. The molecule has 3 aromatic rings. The zero-order valence-corrected chi connectivity index (χ0v) is 13.5. The zero-order valence-electron chi connectivity index (χ0n) is 13.5. The number of amides is 1. The lowest BCUT2D eigenvalue weighted by molar-refractivity contribution is 0.0951. The SMILES string of the molecule is O=C(NCc1cccc(OCc2ccccn2)c1)c1ccc(F)cc1. The fraction of sp³-hybridized carbons (Fsp3) is 0.100. The van der Waals surface area contributed by atoms with Crippen LogP contribution in [-0.4, -0.2) is 10.9 Å². The molecule has 1 heterocycles. The van der Waals surface area contributed by atoms with Crippen molar-refractivity contribution in [3.63, 3.8) is 0 Å². The van der Waals surface area contributed by atoms with Crippen LogP contribution in [-0.2, 0) is 13.2 Å². The average Bonchev–Trinajstić information content (AvgIpc) is 2.66. The first kappa shape index (κ1) is 16.6. The number of benzene rings is 2. The average molecular weight is 336 g/mol. The number of rotatable bonds is 6. The van der Waals surface area contributed by atoms with Gasteiger partial charge in [-0.25, -0.2) is 4.39 Å². The quantitative estimate of drug-likeness (QED) is 0.746. The molecule has 0 saturated heterocycles. The summed E-state index contributed by atoms with van der Waals surface area (Å²) in [5.41, 5.74) is 2.18. The molecular formula is C20H17FN2O2. The minimum Gasteiger partial charge on any atom is -0.487 e. The molecule has 3 rings (SSSR count). The van der Waals surface area contributed by atoms with Gasteiger partial charge in [0.25, 0.3) is 5.91 Å². The van der Waals surface area contributed by atoms with Gasteiger partial charge < -0.3 is 10.1 Å². The third-order valence-corrected chi connectivity index (χ3v) is 3.57. The van der Waals surface area contributed by atoms with Gasteiger partial charge in [-0.2, -0.15) is 0 Å². The Morgan fingerprint density at radius 2 is 1.88 bits per heavy atom. The second kappa shape index (κ2) is 8.06. The van der Waals surface area contributed by atoms with Crippen molar-refractivity contribution in [1.82, 2.24) is 10.3 Å². The van der Waals surface area contributed by atoms with Crippen molar-refractivity contribution in [2.24, 2.45) is 0 Å². The van der Waals surface area contributed by atoms with E-state index in [0.717, 1.165) is 11.3 Å². The van der Waals surface area contributed by atoms with E-state index >= 15 is 0 Å². The lowest BCUT2D eigenvalue weighted by Crippen LogP contribution is -2.22. The molecule has 1 aromatic heterocycles. The Balaban J connectivity index is 1.56. The van der Waals surface area contributed by atoms with E-state index < -0.39 is 0 Å². The van der Waals surface area contributed by atoms with Crippen molar-refractivity contribution in [3.8, 4) is 5.75 Å². The fourth-order valence-electron chi connectivity index (χ4n) is 2.27. The van der Waals surface area contributed by atoms with E-state index in [-0.39, 0.29) is 11.7 Å². The van der Waals surface area contributed by atoms with E-state index in [1.165, 1.54) is 24.3 Å². The van der Waals surface area contributed by atoms with Gasteiger partial charge >= 0.3 is 0 Å². The highest BCUT2D eigenvalue weighted by Crippen LogP contribution is 2.15. The lowest BCUT2D eigenvalue weighted by Gasteiger charge is -2.09. The van der Waals surface area contributed by atoms with Crippen LogP contribution in [0.3, 0.4) is 0 Å². The van der Waals surface area contributed by atoms with E-state index in [1.807, 2.05) is 42.5 Å². The summed E-state index contributed by atoms with van der Waals surface area (Å²) >= 11 is 0. The Bertz CT molecular complexity index is 836. The van der Waals surface area contributed by atoms with E-state index in [4.69, 9.17) is 4.74 Å². The van der Waals surface area contributed by atoms with Crippen LogP contribution in [0.1, 0.15) is 21.6 Å². The van der Waals surface area contributed by atoms with Crippen LogP contribution in [0.15, 0.2) is 72.9 Å². The van der Waals surface area contributed by atoms with Crippen molar-refractivity contribution in [2.75, 3.05) is 0 Å². The van der Waals surface area contributed by atoms with Gasteiger partial charge in [0.05, 0.1) is 5.69 Å². The van der Waals surface area contributed by atoms with Crippen molar-refractivity contribution >= 4 is 5.91 Å². The third-order valence-electron chi connectivity index (χ3n) is 3.57. The van der Waals surface area contributed by atoms with Gasteiger partial charge in [-0.05, 0) is 54.1 Å². The van der Waals surface area contributed by atoms with Gasteiger partial charge in [0.2, 0.25) is 0 Å². The maximum Gasteiger partial charge on any atom is 0.251 e. The number of halogens is 1. The van der Waals surface area contributed by atoms with Crippen molar-refractivity contribution in [2.45, 2.75) is 13.2 Å². The van der Waals surface area contributed by atoms with Crippen LogP contribution in [0.5, 0.6) is 5.75 Å². The Hall–Kier alpha value is -3.21. The molecule has 25 heavy (non-hydrogen) atoms. The van der Waals surface area contributed by atoms with E-state index in [0.29, 0.717) is 24.5 Å². The van der Waals surface area contributed by atoms with Crippen LogP contribution in [0.4, 0.5) is 4.39 Å². The summed E-state index contributed by atoms with van der Waals surface area (Å²) in [6.07, 6.45) is 1.72. The van der Waals surface area contributed by atoms with Gasteiger partial charge in [-0.15, -0.1) is 0 Å². The molecule has 0 aliphatic heterocycles. The number of carbonyl (C=O) groups excluding carboxylic acids is 1. The summed E-state index contributed by atoms with van der Waals surface area (Å²) in [6, 6.07) is 18.6. The van der Waals surface area contributed by atoms with Gasteiger partial charge in [0, 0.05) is 18.3 Å². The maximum absolute atomic E-state index is 12.9. The molecule has 0 atom stereocenters. The molecule has 0 spiro atoms. The molecule has 0 aliphatic rings. The Morgan fingerprint density at radius 1 is 1.04 bits per heavy atom. The fourth-order valence-corrected chi connectivity index (χ4v) is 2.27. The largest absolute Gasteiger partial charge is 0.487 e. The van der Waals surface area contributed by atoms with Gasteiger partial charge in [0.15, 0.2) is 0 Å². The van der Waals surface area contributed by atoms with Crippen molar-refractivity contribution in [1.29, 1.82) is 0 Å². The number of hydrogen-bond acceptors (Lipinski definition) is 3. The molecule has 126 valence electrons. The second-order valence-electron chi connectivity index (χ2n) is 5.45. The molecule has 0 unspecified atom stereocenters. The highest BCUT2D eigenvalue weighted by atomic mass is 19.1. The predicted octanol–water partition coefficient (Wildman–Crippen LogP) is 3.73. The molecule has 0 fully saturated rings. The molecule has 4 nitrogen and oxygen atoms in total. The monoisotopic (exact) mass is 336 g/mol. The molecule has 0 saturated carbocycles. The maximum atomic E-state index is 12.9. The van der Waals surface area contributed by atoms with Crippen LogP contribution in [0.25, 0.3) is 0 Å². The van der Waals surface area contributed by atoms with Crippen LogP contribution >= 0.6 is 0 Å². The number of aromatic nitrogens is 1. The summed E-state index contributed by atoms with van der Waals surface area (Å²) in [5, 5.41) is 2.81. The third kappa shape index (κ3) is 4.88. The molecule has 5 heteroatoms. The van der Waals surface area contributed by atoms with E-state index in [1.54, 1.807) is 6.20 Å². The number of nitrogens with zero attached hydrogens (tertiary/aromatic N) is 1. The smallest absolute Gasteiger partial charge is 0.251 e. The molecule has 0 bridgehead atoms. The Kier molecular flexibility index (Phi) is 5.36. The molecule has 0 aliphatic carbocycles. The van der Waals surface area contributed by atoms with Crippen LogP contribution < -0.4 is 10.1 Å². The summed E-state index contributed by atoms with van der Waals surface area (Å²) < 4.78 is 18.6. The molecular weight excluding hydrogens is 319 g/mol. The molecule has 1 N–H and O–H groups in total. The van der Waals surface area contributed by atoms with Crippen LogP contribution in [0.2, 0.25) is 0 Å². The summed E-state index contributed by atoms with van der Waals surface area (Å²) in [7, 11) is 0. The number of pyridine rings is 1. The van der Waals surface area contributed by atoms with Gasteiger partial charge in [-0.1, -0.05) is 18.2 Å². The Morgan fingerprint density at radius 3 is 2.64 bits per heavy atom. The number of hydrogen-bond donors (Lipinski definition) is 1. The second-order valence-corrected chi connectivity index (χ2v) is 5.45. The van der Waals surface area contributed by atoms with E-state index in [2.05, 4.69) is 10.3 Å². The summed E-state index contributed by atoms with van der Waals surface area (Å²) in [6.45, 7) is 0.739. The first-order valence-corrected chi connectivity index (χ1v) is 7.86. The molecule has 1 amide bonds. The van der Waals surface area contributed by atoms with Crippen molar-refractivity contribution in [3.05, 3.63) is 95.6 Å². The number of carbonyl (C=O) groups is 1. The first-order valence-electron chi connectivity index (χ1n) is 7.86.